The van der Waals surface area contributed by atoms with Gasteiger partial charge in [0.15, 0.2) is 5.82 Å². The zero-order chi connectivity index (χ0) is 17.6. The first kappa shape index (κ1) is 17.3. The molecule has 1 aromatic heterocycles. The van der Waals surface area contributed by atoms with Crippen molar-refractivity contribution in [3.8, 4) is 5.75 Å². The molecule has 0 aliphatic carbocycles. The van der Waals surface area contributed by atoms with Crippen LogP contribution in [0.4, 0.5) is 5.69 Å². The first-order valence-corrected chi connectivity index (χ1v) is 8.74. The van der Waals surface area contributed by atoms with E-state index in [-0.39, 0.29) is 5.91 Å². The molecule has 0 spiro atoms. The highest BCUT2D eigenvalue weighted by Crippen LogP contribution is 2.27. The maximum absolute atomic E-state index is 12.6. The molecule has 0 atom stereocenters. The number of benzene rings is 1. The fourth-order valence-electron chi connectivity index (χ4n) is 2.93. The van der Waals surface area contributed by atoms with Crippen molar-refractivity contribution in [2.45, 2.75) is 39.2 Å². The lowest BCUT2D eigenvalue weighted by molar-refractivity contribution is 0.0793. The highest BCUT2D eigenvalue weighted by Gasteiger charge is 2.20. The van der Waals surface area contributed by atoms with Crippen molar-refractivity contribution in [1.29, 1.82) is 0 Å². The first-order chi connectivity index (χ1) is 12.2. The Hall–Kier alpha value is -2.57. The molecule has 0 saturated carbocycles. The number of carbonyl (C=O) groups is 1. The van der Waals surface area contributed by atoms with Crippen LogP contribution in [0.1, 0.15) is 48.3 Å². The molecule has 2 aromatic rings. The topological polar surface area (TPSA) is 80.5 Å². The van der Waals surface area contributed by atoms with Gasteiger partial charge in [0.2, 0.25) is 5.89 Å². The van der Waals surface area contributed by atoms with Crippen molar-refractivity contribution in [2.24, 2.45) is 0 Å². The average Bonchev–Trinajstić information content (AvgIpc) is 3.31. The van der Waals surface area contributed by atoms with Gasteiger partial charge in [-0.3, -0.25) is 4.79 Å². The fourth-order valence-corrected chi connectivity index (χ4v) is 2.93. The molecule has 1 amide bonds. The summed E-state index contributed by atoms with van der Waals surface area (Å²) < 4.78 is 10.6. The second-order valence-corrected chi connectivity index (χ2v) is 6.12. The maximum Gasteiger partial charge on any atom is 0.253 e. The van der Waals surface area contributed by atoms with E-state index in [1.54, 1.807) is 13.2 Å². The predicted octanol–water partition coefficient (Wildman–Crippen LogP) is 2.88. The highest BCUT2D eigenvalue weighted by molar-refractivity contribution is 5.95. The molecule has 0 bridgehead atoms. The molecule has 2 heterocycles. The first-order valence-electron chi connectivity index (χ1n) is 8.74. The Balaban J connectivity index is 1.71. The quantitative estimate of drug-likeness (QED) is 0.832. The summed E-state index contributed by atoms with van der Waals surface area (Å²) in [5, 5.41) is 7.20. The number of aromatic nitrogens is 2. The van der Waals surface area contributed by atoms with E-state index in [4.69, 9.17) is 9.26 Å². The van der Waals surface area contributed by atoms with Gasteiger partial charge < -0.3 is 19.5 Å². The van der Waals surface area contributed by atoms with E-state index in [1.807, 2.05) is 17.0 Å². The summed E-state index contributed by atoms with van der Waals surface area (Å²) in [6.45, 7) is 4.13. The van der Waals surface area contributed by atoms with Crippen LogP contribution in [0.2, 0.25) is 0 Å². The number of carbonyl (C=O) groups excluding carboxylic acids is 1. The Morgan fingerprint density at radius 3 is 2.88 bits per heavy atom. The number of nitrogens with zero attached hydrogens (tertiary/aromatic N) is 3. The van der Waals surface area contributed by atoms with Crippen molar-refractivity contribution in [2.75, 3.05) is 25.5 Å². The number of nitrogens with one attached hydrogen (secondary N) is 1. The second-order valence-electron chi connectivity index (χ2n) is 6.12. The van der Waals surface area contributed by atoms with Gasteiger partial charge in [-0.2, -0.15) is 4.98 Å². The molecular weight excluding hydrogens is 320 g/mol. The zero-order valence-electron chi connectivity index (χ0n) is 14.7. The van der Waals surface area contributed by atoms with Crippen molar-refractivity contribution >= 4 is 11.6 Å². The third-order valence-corrected chi connectivity index (χ3v) is 4.25. The molecule has 3 rings (SSSR count). The van der Waals surface area contributed by atoms with E-state index in [0.29, 0.717) is 29.6 Å². The molecule has 134 valence electrons. The Labute approximate surface area is 147 Å². The largest absolute Gasteiger partial charge is 0.495 e. The van der Waals surface area contributed by atoms with Gasteiger partial charge in [0.25, 0.3) is 5.91 Å². The normalized spacial score (nSPS) is 13.9. The van der Waals surface area contributed by atoms with E-state index in [9.17, 15) is 4.79 Å². The molecular formula is C18H24N4O3. The summed E-state index contributed by atoms with van der Waals surface area (Å²) in [5.41, 5.74) is 1.40. The molecule has 1 fully saturated rings. The van der Waals surface area contributed by atoms with Crippen molar-refractivity contribution in [1.82, 2.24) is 15.0 Å². The number of rotatable bonds is 7. The molecule has 1 aliphatic heterocycles. The second kappa shape index (κ2) is 8.00. The molecule has 7 heteroatoms. The van der Waals surface area contributed by atoms with Crippen LogP contribution in [0.3, 0.4) is 0 Å². The maximum atomic E-state index is 12.6. The van der Waals surface area contributed by atoms with Gasteiger partial charge in [-0.15, -0.1) is 0 Å². The molecule has 7 nitrogen and oxygen atoms in total. The predicted molar refractivity (Wildman–Crippen MR) is 93.8 cm³/mol. The van der Waals surface area contributed by atoms with Crippen LogP contribution in [0.15, 0.2) is 22.7 Å². The number of aryl methyl sites for hydroxylation is 1. The number of ether oxygens (including phenoxy) is 1. The number of methoxy groups -OCH3 is 1. The Morgan fingerprint density at radius 1 is 1.36 bits per heavy atom. The van der Waals surface area contributed by atoms with Gasteiger partial charge in [-0.1, -0.05) is 12.1 Å². The lowest BCUT2D eigenvalue weighted by Gasteiger charge is -2.17. The molecule has 0 radical (unpaired) electrons. The molecule has 25 heavy (non-hydrogen) atoms. The van der Waals surface area contributed by atoms with Crippen molar-refractivity contribution in [3.05, 3.63) is 35.5 Å². The number of hydrogen-bond donors (Lipinski definition) is 1. The number of likely N-dealkylation sites (tertiary alicyclic amines) is 1. The molecule has 1 N–H and O–H groups in total. The minimum Gasteiger partial charge on any atom is -0.495 e. The van der Waals surface area contributed by atoms with E-state index in [2.05, 4.69) is 22.4 Å². The Morgan fingerprint density at radius 2 is 2.16 bits per heavy atom. The van der Waals surface area contributed by atoms with Crippen LogP contribution in [0, 0.1) is 0 Å². The van der Waals surface area contributed by atoms with Gasteiger partial charge >= 0.3 is 0 Å². The minimum atomic E-state index is 0.0630. The van der Waals surface area contributed by atoms with Gasteiger partial charge in [-0.05, 0) is 37.5 Å². The number of anilines is 1. The van der Waals surface area contributed by atoms with Gasteiger partial charge in [0.1, 0.15) is 5.75 Å². The van der Waals surface area contributed by atoms with Gasteiger partial charge in [-0.25, -0.2) is 0 Å². The third-order valence-electron chi connectivity index (χ3n) is 4.25. The van der Waals surface area contributed by atoms with Crippen molar-refractivity contribution in [3.63, 3.8) is 0 Å². The monoisotopic (exact) mass is 344 g/mol. The summed E-state index contributed by atoms with van der Waals surface area (Å²) >= 11 is 0. The third kappa shape index (κ3) is 4.10. The van der Waals surface area contributed by atoms with E-state index >= 15 is 0 Å². The van der Waals surface area contributed by atoms with Gasteiger partial charge in [0.05, 0.1) is 19.3 Å². The van der Waals surface area contributed by atoms with E-state index < -0.39 is 0 Å². The van der Waals surface area contributed by atoms with E-state index in [0.717, 1.165) is 44.5 Å². The smallest absolute Gasteiger partial charge is 0.253 e. The van der Waals surface area contributed by atoms with Crippen LogP contribution < -0.4 is 10.1 Å². The Kier molecular flexibility index (Phi) is 5.53. The summed E-state index contributed by atoms with van der Waals surface area (Å²) in [6, 6.07) is 5.44. The Bertz CT molecular complexity index is 723. The van der Waals surface area contributed by atoms with Crippen LogP contribution in [0.25, 0.3) is 0 Å². The lowest BCUT2D eigenvalue weighted by Crippen LogP contribution is -2.27. The van der Waals surface area contributed by atoms with Crippen LogP contribution in [0.5, 0.6) is 5.75 Å². The zero-order valence-corrected chi connectivity index (χ0v) is 14.7. The van der Waals surface area contributed by atoms with E-state index in [1.165, 1.54) is 0 Å². The standard InChI is InChI=1S/C18H24N4O3/c1-3-6-17-20-16(21-25-17)12-19-14-11-13(7-8-15(14)24-2)18(23)22-9-4-5-10-22/h7-8,11,19H,3-6,9-10,12H2,1-2H3. The summed E-state index contributed by atoms with van der Waals surface area (Å²) in [6.07, 6.45) is 3.88. The van der Waals surface area contributed by atoms with Crippen LogP contribution >= 0.6 is 0 Å². The number of amides is 1. The number of hydrogen-bond acceptors (Lipinski definition) is 6. The summed E-state index contributed by atoms with van der Waals surface area (Å²) in [4.78, 5) is 18.8. The lowest BCUT2D eigenvalue weighted by atomic mass is 10.1. The summed E-state index contributed by atoms with van der Waals surface area (Å²) in [7, 11) is 1.61. The molecule has 1 aliphatic rings. The van der Waals surface area contributed by atoms with Gasteiger partial charge in [0, 0.05) is 25.1 Å². The molecule has 1 saturated heterocycles. The van der Waals surface area contributed by atoms with Crippen molar-refractivity contribution < 1.29 is 14.1 Å². The molecule has 1 aromatic carbocycles. The minimum absolute atomic E-state index is 0.0630. The SMILES string of the molecule is CCCc1nc(CNc2cc(C(=O)N3CCCC3)ccc2OC)no1. The van der Waals surface area contributed by atoms with Crippen LogP contribution in [-0.2, 0) is 13.0 Å². The average molecular weight is 344 g/mol. The molecule has 0 unspecified atom stereocenters. The highest BCUT2D eigenvalue weighted by atomic mass is 16.5. The summed E-state index contributed by atoms with van der Waals surface area (Å²) in [5.74, 6) is 1.97. The van der Waals surface area contributed by atoms with Crippen LogP contribution in [-0.4, -0.2) is 41.1 Å². The fraction of sp³-hybridized carbons (Fsp3) is 0.500.